The molecule has 0 spiro atoms. The third-order valence-corrected chi connectivity index (χ3v) is 7.48. The van der Waals surface area contributed by atoms with Crippen molar-refractivity contribution in [3.63, 3.8) is 0 Å². The summed E-state index contributed by atoms with van der Waals surface area (Å²) in [5.74, 6) is 0.808. The van der Waals surface area contributed by atoms with E-state index in [9.17, 15) is 10.1 Å². The van der Waals surface area contributed by atoms with E-state index in [4.69, 9.17) is 10.2 Å². The topological polar surface area (TPSA) is 117 Å². The lowest BCUT2D eigenvalue weighted by Crippen LogP contribution is -2.23. The van der Waals surface area contributed by atoms with Gasteiger partial charge in [0.25, 0.3) is 5.91 Å². The molecule has 0 bridgehead atoms. The van der Waals surface area contributed by atoms with Crippen LogP contribution >= 0.6 is 11.3 Å². The highest BCUT2D eigenvalue weighted by atomic mass is 32.1. The van der Waals surface area contributed by atoms with Gasteiger partial charge in [0.2, 0.25) is 0 Å². The van der Waals surface area contributed by atoms with Crippen LogP contribution in [-0.4, -0.2) is 10.9 Å². The molecule has 0 saturated heterocycles. The number of hydrogen-bond donors (Lipinski definition) is 3. The lowest BCUT2D eigenvalue weighted by molar-refractivity contribution is 0.0950. The Hall–Kier alpha value is -4.61. The number of amides is 1. The van der Waals surface area contributed by atoms with E-state index < -0.39 is 0 Å². The number of thiophene rings is 1. The van der Waals surface area contributed by atoms with Gasteiger partial charge in [-0.3, -0.25) is 4.79 Å². The zero-order valence-electron chi connectivity index (χ0n) is 21.3. The molecule has 5 aromatic rings. The maximum atomic E-state index is 13.6. The highest BCUT2D eigenvalue weighted by molar-refractivity contribution is 7.24. The van der Waals surface area contributed by atoms with E-state index in [0.29, 0.717) is 38.0 Å². The summed E-state index contributed by atoms with van der Waals surface area (Å²) in [4.78, 5) is 18.2. The van der Waals surface area contributed by atoms with E-state index in [1.54, 1.807) is 18.4 Å². The van der Waals surface area contributed by atoms with E-state index in [1.165, 1.54) is 16.9 Å². The van der Waals surface area contributed by atoms with Crippen molar-refractivity contribution < 1.29 is 9.21 Å². The van der Waals surface area contributed by atoms with Gasteiger partial charge in [-0.2, -0.15) is 5.26 Å². The molecule has 0 aliphatic rings. The number of nitrogens with two attached hydrogens (primary N) is 1. The molecular formula is C30H27N5O2S. The average Bonchev–Trinajstić information content (AvgIpc) is 3.55. The lowest BCUT2D eigenvalue weighted by atomic mass is 9.99. The second-order valence-electron chi connectivity index (χ2n) is 9.37. The Morgan fingerprint density at radius 2 is 1.87 bits per heavy atom. The number of aryl methyl sites for hydroxylation is 1. The molecule has 38 heavy (non-hydrogen) atoms. The van der Waals surface area contributed by atoms with Gasteiger partial charge in [0.05, 0.1) is 23.0 Å². The van der Waals surface area contributed by atoms with Gasteiger partial charge in [0.15, 0.2) is 0 Å². The first kappa shape index (κ1) is 25.1. The number of aromatic nitrogens is 1. The Labute approximate surface area is 224 Å². The minimum absolute atomic E-state index is 0.0845. The molecule has 3 heterocycles. The predicted molar refractivity (Wildman–Crippen MR) is 153 cm³/mol. The van der Waals surface area contributed by atoms with Crippen LogP contribution in [0, 0.1) is 18.3 Å². The molecule has 0 saturated carbocycles. The number of nitrogens with one attached hydrogen (secondary N) is 2. The molecule has 0 unspecified atom stereocenters. The Morgan fingerprint density at radius 3 is 2.50 bits per heavy atom. The van der Waals surface area contributed by atoms with Gasteiger partial charge in [-0.15, -0.1) is 11.3 Å². The van der Waals surface area contributed by atoms with Gasteiger partial charge >= 0.3 is 0 Å². The fourth-order valence-corrected chi connectivity index (χ4v) is 5.51. The molecule has 5 rings (SSSR count). The third kappa shape index (κ3) is 4.84. The van der Waals surface area contributed by atoms with Crippen LogP contribution < -0.4 is 16.4 Å². The van der Waals surface area contributed by atoms with Crippen molar-refractivity contribution in [1.29, 1.82) is 5.26 Å². The lowest BCUT2D eigenvalue weighted by Gasteiger charge is -2.10. The number of hydrogen-bond acceptors (Lipinski definition) is 7. The number of anilines is 3. The molecule has 0 fully saturated rings. The quantitative estimate of drug-likeness (QED) is 0.210. The first-order valence-electron chi connectivity index (χ1n) is 12.3. The number of nitriles is 1. The van der Waals surface area contributed by atoms with Crippen LogP contribution in [0.1, 0.15) is 52.6 Å². The van der Waals surface area contributed by atoms with Crippen molar-refractivity contribution in [2.75, 3.05) is 11.1 Å². The van der Waals surface area contributed by atoms with Crippen LogP contribution in [0.4, 0.5) is 16.5 Å². The summed E-state index contributed by atoms with van der Waals surface area (Å²) >= 11 is 1.38. The molecule has 7 nitrogen and oxygen atoms in total. The SMILES string of the molecule is Cc1ccc(-c2c(C#N)c(N)nc3c(C(=O)NCc4ccco4)c(Nc4ccc(C(C)C)cc4)sc23)cc1. The summed E-state index contributed by atoms with van der Waals surface area (Å²) in [7, 11) is 0. The van der Waals surface area contributed by atoms with E-state index in [0.717, 1.165) is 16.8 Å². The van der Waals surface area contributed by atoms with Crippen LogP contribution in [0.15, 0.2) is 71.3 Å². The first-order valence-corrected chi connectivity index (χ1v) is 13.1. The fraction of sp³-hybridized carbons (Fsp3) is 0.167. The zero-order chi connectivity index (χ0) is 26.8. The molecule has 8 heteroatoms. The molecule has 4 N–H and O–H groups in total. The number of carbonyl (C=O) groups is 1. The molecule has 0 radical (unpaired) electrons. The number of nitrogen functional groups attached to an aromatic ring is 1. The van der Waals surface area contributed by atoms with Gasteiger partial charge in [-0.25, -0.2) is 4.98 Å². The standard InChI is InChI=1S/C30H27N5O2S/c1-17(2)19-10-12-21(13-11-19)34-30-25(29(36)33-16-22-5-4-14-37-22)26-27(38-30)24(23(15-31)28(32)35-26)20-8-6-18(3)7-9-20/h4-14,17,34H,16H2,1-3H3,(H2,32,35)(H,33,36). The number of benzene rings is 2. The van der Waals surface area contributed by atoms with Crippen molar-refractivity contribution in [2.24, 2.45) is 0 Å². The summed E-state index contributed by atoms with van der Waals surface area (Å²) < 4.78 is 6.09. The number of furan rings is 1. The third-order valence-electron chi connectivity index (χ3n) is 6.37. The summed E-state index contributed by atoms with van der Waals surface area (Å²) in [6, 6.07) is 21.8. The summed E-state index contributed by atoms with van der Waals surface area (Å²) in [5, 5.41) is 17.0. The van der Waals surface area contributed by atoms with E-state index in [1.807, 2.05) is 43.3 Å². The maximum Gasteiger partial charge on any atom is 0.256 e. The molecular weight excluding hydrogens is 494 g/mol. The zero-order valence-corrected chi connectivity index (χ0v) is 22.1. The molecule has 0 aliphatic carbocycles. The molecule has 3 aromatic heterocycles. The van der Waals surface area contributed by atoms with Crippen molar-refractivity contribution in [3.05, 3.63) is 94.9 Å². The van der Waals surface area contributed by atoms with Crippen molar-refractivity contribution in [2.45, 2.75) is 33.2 Å². The van der Waals surface area contributed by atoms with Gasteiger partial charge < -0.3 is 20.8 Å². The number of pyridine rings is 1. The summed E-state index contributed by atoms with van der Waals surface area (Å²) in [6.07, 6.45) is 1.56. The highest BCUT2D eigenvalue weighted by Crippen LogP contribution is 2.44. The summed E-state index contributed by atoms with van der Waals surface area (Å²) in [6.45, 7) is 6.52. The average molecular weight is 522 g/mol. The second kappa shape index (κ2) is 10.4. The molecule has 1 amide bonds. The van der Waals surface area contributed by atoms with E-state index >= 15 is 0 Å². The van der Waals surface area contributed by atoms with Crippen LogP contribution in [0.2, 0.25) is 0 Å². The molecule has 0 atom stereocenters. The maximum absolute atomic E-state index is 13.6. The second-order valence-corrected chi connectivity index (χ2v) is 10.4. The monoisotopic (exact) mass is 521 g/mol. The first-order chi connectivity index (χ1) is 18.4. The highest BCUT2D eigenvalue weighted by Gasteiger charge is 2.26. The van der Waals surface area contributed by atoms with Gasteiger partial charge in [-0.1, -0.05) is 55.8 Å². The van der Waals surface area contributed by atoms with Gasteiger partial charge in [0.1, 0.15) is 33.8 Å². The smallest absolute Gasteiger partial charge is 0.256 e. The number of fused-ring (bicyclic) bond motifs is 1. The number of nitrogens with zero attached hydrogens (tertiary/aromatic N) is 2. The minimum atomic E-state index is -0.319. The van der Waals surface area contributed by atoms with Crippen LogP contribution in [0.25, 0.3) is 21.3 Å². The van der Waals surface area contributed by atoms with Crippen molar-refractivity contribution >= 4 is 44.0 Å². The Morgan fingerprint density at radius 1 is 1.13 bits per heavy atom. The van der Waals surface area contributed by atoms with Crippen LogP contribution in [-0.2, 0) is 6.54 Å². The van der Waals surface area contributed by atoms with Crippen molar-refractivity contribution in [1.82, 2.24) is 10.3 Å². The number of carbonyl (C=O) groups excluding carboxylic acids is 1. The fourth-order valence-electron chi connectivity index (χ4n) is 4.28. The Balaban J connectivity index is 1.67. The van der Waals surface area contributed by atoms with E-state index in [2.05, 4.69) is 47.7 Å². The Bertz CT molecular complexity index is 1640. The van der Waals surface area contributed by atoms with Crippen LogP contribution in [0.3, 0.4) is 0 Å². The van der Waals surface area contributed by atoms with Gasteiger partial charge in [0, 0.05) is 11.3 Å². The normalized spacial score (nSPS) is 11.0. The molecule has 2 aromatic carbocycles. The number of rotatable bonds is 7. The Kier molecular flexibility index (Phi) is 6.86. The van der Waals surface area contributed by atoms with E-state index in [-0.39, 0.29) is 23.8 Å². The summed E-state index contributed by atoms with van der Waals surface area (Å²) in [5.41, 5.74) is 12.1. The molecule has 0 aliphatic heterocycles. The minimum Gasteiger partial charge on any atom is -0.467 e. The largest absolute Gasteiger partial charge is 0.467 e. The van der Waals surface area contributed by atoms with Crippen molar-refractivity contribution in [3.8, 4) is 17.2 Å². The van der Waals surface area contributed by atoms with Crippen LogP contribution in [0.5, 0.6) is 0 Å². The molecule has 190 valence electrons. The van der Waals surface area contributed by atoms with Gasteiger partial charge in [-0.05, 0) is 48.2 Å². The predicted octanol–water partition coefficient (Wildman–Crippen LogP) is 7.12.